The molecule has 1 aromatic rings. The van der Waals surface area contributed by atoms with Gasteiger partial charge in [0.1, 0.15) is 5.82 Å². The Balaban J connectivity index is 2.17. The van der Waals surface area contributed by atoms with E-state index in [-0.39, 0.29) is 5.91 Å². The van der Waals surface area contributed by atoms with Gasteiger partial charge in [-0.3, -0.25) is 4.79 Å². The van der Waals surface area contributed by atoms with Gasteiger partial charge >= 0.3 is 0 Å². The lowest BCUT2D eigenvalue weighted by Crippen LogP contribution is -2.48. The first-order valence-electron chi connectivity index (χ1n) is 5.71. The van der Waals surface area contributed by atoms with E-state index >= 15 is 0 Å². The van der Waals surface area contributed by atoms with Gasteiger partial charge in [-0.1, -0.05) is 0 Å². The molecule has 5 heteroatoms. The van der Waals surface area contributed by atoms with Crippen LogP contribution >= 0.6 is 0 Å². The summed E-state index contributed by atoms with van der Waals surface area (Å²) in [6, 6.07) is 3.62. The summed E-state index contributed by atoms with van der Waals surface area (Å²) in [6.07, 6.45) is 1.15. The van der Waals surface area contributed by atoms with Crippen molar-refractivity contribution < 1.29 is 9.90 Å². The van der Waals surface area contributed by atoms with Gasteiger partial charge in [0.15, 0.2) is 0 Å². The van der Waals surface area contributed by atoms with E-state index in [2.05, 4.69) is 4.98 Å². The summed E-state index contributed by atoms with van der Waals surface area (Å²) in [5.74, 6) is 0.852. The standard InChI is InChI=1S/C12H17N3O2/c1-9(16)10-3-4-13-11(7-10)15-6-5-14(2)12(17)8-15/h3-4,7,9,16H,5-6,8H2,1-2H3/t9-/m0/s1. The maximum absolute atomic E-state index is 11.6. The van der Waals surface area contributed by atoms with Gasteiger partial charge in [0.2, 0.25) is 5.91 Å². The Kier molecular flexibility index (Phi) is 3.28. The van der Waals surface area contributed by atoms with Crippen LogP contribution in [0.15, 0.2) is 18.3 Å². The molecule has 1 saturated heterocycles. The zero-order valence-electron chi connectivity index (χ0n) is 10.1. The van der Waals surface area contributed by atoms with Gasteiger partial charge in [-0.15, -0.1) is 0 Å². The van der Waals surface area contributed by atoms with Crippen molar-refractivity contribution in [2.24, 2.45) is 0 Å². The zero-order valence-corrected chi connectivity index (χ0v) is 10.1. The molecule has 2 heterocycles. The number of aliphatic hydroxyl groups excluding tert-OH is 1. The van der Waals surface area contributed by atoms with Crippen LogP contribution in [0.25, 0.3) is 0 Å². The fraction of sp³-hybridized carbons (Fsp3) is 0.500. The van der Waals surface area contributed by atoms with Crippen molar-refractivity contribution >= 4 is 11.7 Å². The van der Waals surface area contributed by atoms with E-state index in [1.54, 1.807) is 31.1 Å². The fourth-order valence-electron chi connectivity index (χ4n) is 1.82. The molecular weight excluding hydrogens is 218 g/mol. The average molecular weight is 235 g/mol. The minimum absolute atomic E-state index is 0.0977. The number of rotatable bonds is 2. The number of amides is 1. The first-order valence-corrected chi connectivity index (χ1v) is 5.71. The van der Waals surface area contributed by atoms with Crippen LogP contribution < -0.4 is 4.90 Å². The molecule has 1 aromatic heterocycles. The van der Waals surface area contributed by atoms with Crippen LogP contribution in [0, 0.1) is 0 Å². The molecule has 1 N–H and O–H groups in total. The van der Waals surface area contributed by atoms with E-state index in [0.29, 0.717) is 13.1 Å². The van der Waals surface area contributed by atoms with Crippen molar-refractivity contribution in [2.45, 2.75) is 13.0 Å². The molecule has 1 atom stereocenters. The fourth-order valence-corrected chi connectivity index (χ4v) is 1.82. The smallest absolute Gasteiger partial charge is 0.241 e. The van der Waals surface area contributed by atoms with E-state index in [1.165, 1.54) is 0 Å². The van der Waals surface area contributed by atoms with Gasteiger partial charge in [0.25, 0.3) is 0 Å². The Labute approximate surface area is 101 Å². The van der Waals surface area contributed by atoms with Gasteiger partial charge in [-0.2, -0.15) is 0 Å². The molecule has 0 saturated carbocycles. The lowest BCUT2D eigenvalue weighted by atomic mass is 10.1. The summed E-state index contributed by atoms with van der Waals surface area (Å²) in [5, 5.41) is 9.52. The lowest BCUT2D eigenvalue weighted by Gasteiger charge is -2.32. The van der Waals surface area contributed by atoms with Crippen molar-refractivity contribution in [1.82, 2.24) is 9.88 Å². The molecule has 1 aliphatic rings. The highest BCUT2D eigenvalue weighted by Crippen LogP contribution is 2.19. The number of nitrogens with zero attached hydrogens (tertiary/aromatic N) is 3. The number of pyridine rings is 1. The first kappa shape index (κ1) is 11.9. The predicted molar refractivity (Wildman–Crippen MR) is 64.7 cm³/mol. The number of likely N-dealkylation sites (N-methyl/N-ethyl adjacent to an activating group) is 1. The number of aliphatic hydroxyl groups is 1. The summed E-state index contributed by atoms with van der Waals surface area (Å²) in [5.41, 5.74) is 0.821. The molecule has 5 nitrogen and oxygen atoms in total. The third-order valence-electron chi connectivity index (χ3n) is 3.03. The van der Waals surface area contributed by atoms with Crippen LogP contribution in [0.3, 0.4) is 0 Å². The Hall–Kier alpha value is -1.62. The number of aromatic nitrogens is 1. The second-order valence-electron chi connectivity index (χ2n) is 4.36. The monoisotopic (exact) mass is 235 g/mol. The van der Waals surface area contributed by atoms with E-state index in [0.717, 1.165) is 17.9 Å². The zero-order chi connectivity index (χ0) is 12.4. The van der Waals surface area contributed by atoms with Crippen LogP contribution in [0.5, 0.6) is 0 Å². The van der Waals surface area contributed by atoms with E-state index < -0.39 is 6.10 Å². The van der Waals surface area contributed by atoms with E-state index in [1.807, 2.05) is 11.0 Å². The molecule has 1 fully saturated rings. The summed E-state index contributed by atoms with van der Waals surface area (Å²) >= 11 is 0. The number of piperazine rings is 1. The molecule has 0 aliphatic carbocycles. The molecule has 0 radical (unpaired) electrons. The highest BCUT2D eigenvalue weighted by molar-refractivity contribution is 5.82. The Morgan fingerprint density at radius 2 is 2.24 bits per heavy atom. The van der Waals surface area contributed by atoms with Gasteiger partial charge in [-0.25, -0.2) is 4.98 Å². The third-order valence-corrected chi connectivity index (χ3v) is 3.03. The molecule has 0 aromatic carbocycles. The van der Waals surface area contributed by atoms with Crippen LogP contribution in [0.1, 0.15) is 18.6 Å². The van der Waals surface area contributed by atoms with Crippen molar-refractivity contribution in [3.05, 3.63) is 23.9 Å². The molecule has 17 heavy (non-hydrogen) atoms. The summed E-state index contributed by atoms with van der Waals surface area (Å²) in [4.78, 5) is 19.5. The molecular formula is C12H17N3O2. The summed E-state index contributed by atoms with van der Waals surface area (Å²) in [6.45, 7) is 3.55. The topological polar surface area (TPSA) is 56.7 Å². The molecule has 2 rings (SSSR count). The predicted octanol–water partition coefficient (Wildman–Crippen LogP) is 0.413. The van der Waals surface area contributed by atoms with Crippen LogP contribution in [0.4, 0.5) is 5.82 Å². The SMILES string of the molecule is C[C@H](O)c1ccnc(N2CCN(C)C(=O)C2)c1. The van der Waals surface area contributed by atoms with Crippen molar-refractivity contribution in [3.63, 3.8) is 0 Å². The minimum Gasteiger partial charge on any atom is -0.389 e. The number of carbonyl (C=O) groups is 1. The second-order valence-corrected chi connectivity index (χ2v) is 4.36. The number of hydrogen-bond donors (Lipinski definition) is 1. The van der Waals surface area contributed by atoms with Gasteiger partial charge in [0, 0.05) is 26.3 Å². The van der Waals surface area contributed by atoms with Crippen molar-refractivity contribution in [1.29, 1.82) is 0 Å². The number of hydrogen-bond acceptors (Lipinski definition) is 4. The lowest BCUT2D eigenvalue weighted by molar-refractivity contribution is -0.129. The minimum atomic E-state index is -0.514. The van der Waals surface area contributed by atoms with Crippen LogP contribution in [-0.2, 0) is 4.79 Å². The number of carbonyl (C=O) groups excluding carboxylic acids is 1. The molecule has 92 valence electrons. The summed E-state index contributed by atoms with van der Waals surface area (Å²) in [7, 11) is 1.80. The molecule has 1 amide bonds. The Bertz CT molecular complexity index is 420. The molecule has 1 aliphatic heterocycles. The summed E-state index contributed by atoms with van der Waals surface area (Å²) < 4.78 is 0. The Morgan fingerprint density at radius 1 is 1.47 bits per heavy atom. The van der Waals surface area contributed by atoms with Crippen LogP contribution in [-0.4, -0.2) is 47.6 Å². The maximum atomic E-state index is 11.6. The van der Waals surface area contributed by atoms with Crippen molar-refractivity contribution in [3.8, 4) is 0 Å². The molecule has 0 spiro atoms. The normalized spacial score (nSPS) is 18.4. The highest BCUT2D eigenvalue weighted by atomic mass is 16.3. The quantitative estimate of drug-likeness (QED) is 0.807. The highest BCUT2D eigenvalue weighted by Gasteiger charge is 2.22. The molecule has 0 unspecified atom stereocenters. The van der Waals surface area contributed by atoms with E-state index in [9.17, 15) is 9.90 Å². The number of anilines is 1. The van der Waals surface area contributed by atoms with Gasteiger partial charge in [-0.05, 0) is 24.6 Å². The van der Waals surface area contributed by atoms with Crippen LogP contribution in [0.2, 0.25) is 0 Å². The Morgan fingerprint density at radius 3 is 2.88 bits per heavy atom. The largest absolute Gasteiger partial charge is 0.389 e. The van der Waals surface area contributed by atoms with Gasteiger partial charge < -0.3 is 14.9 Å². The first-order chi connectivity index (χ1) is 8.08. The van der Waals surface area contributed by atoms with Gasteiger partial charge in [0.05, 0.1) is 12.6 Å². The third kappa shape index (κ3) is 2.55. The van der Waals surface area contributed by atoms with E-state index in [4.69, 9.17) is 0 Å². The average Bonchev–Trinajstić information content (AvgIpc) is 2.33. The second kappa shape index (κ2) is 4.71. The maximum Gasteiger partial charge on any atom is 0.241 e. The molecule has 0 bridgehead atoms. The van der Waals surface area contributed by atoms with Crippen molar-refractivity contribution in [2.75, 3.05) is 31.6 Å².